The third-order valence-corrected chi connectivity index (χ3v) is 4.58. The van der Waals surface area contributed by atoms with Crippen LogP contribution in [0.25, 0.3) is 0 Å². The minimum atomic E-state index is -1.21. The van der Waals surface area contributed by atoms with Crippen LogP contribution in [0.5, 0.6) is 0 Å². The van der Waals surface area contributed by atoms with Crippen molar-refractivity contribution in [2.75, 3.05) is 32.0 Å². The first-order chi connectivity index (χ1) is 13.9. The van der Waals surface area contributed by atoms with Crippen LogP contribution in [-0.2, 0) is 33.6 Å². The van der Waals surface area contributed by atoms with Gasteiger partial charge in [0.15, 0.2) is 16.9 Å². The lowest BCUT2D eigenvalue weighted by Crippen LogP contribution is -2.73. The lowest BCUT2D eigenvalue weighted by Gasteiger charge is -2.42. The molecule has 2 rings (SSSR count). The molecule has 0 radical (unpaired) electrons. The van der Waals surface area contributed by atoms with Gasteiger partial charge in [0.25, 0.3) is 11.8 Å². The van der Waals surface area contributed by atoms with Crippen LogP contribution in [0.15, 0.2) is 10.5 Å². The molecule has 2 N–H and O–H groups in total. The second-order valence-corrected chi connectivity index (χ2v) is 6.46. The van der Waals surface area contributed by atoms with Crippen molar-refractivity contribution in [3.63, 3.8) is 0 Å². The number of oxime groups is 1. The number of alkyl halides is 1. The minimum absolute atomic E-state index is 0.0854. The van der Waals surface area contributed by atoms with Crippen LogP contribution in [0, 0.1) is 0 Å². The van der Waals surface area contributed by atoms with Crippen LogP contribution in [0.3, 0.4) is 0 Å². The molecule has 1 aliphatic rings. The van der Waals surface area contributed by atoms with Gasteiger partial charge < -0.3 is 20.2 Å². The van der Waals surface area contributed by atoms with Crippen LogP contribution < -0.4 is 10.6 Å². The molecule has 1 aromatic heterocycles. The van der Waals surface area contributed by atoms with E-state index in [-0.39, 0.29) is 29.0 Å². The van der Waals surface area contributed by atoms with E-state index < -0.39 is 35.8 Å². The Labute approximate surface area is 174 Å². The fraction of sp³-hybridized carbons (Fsp3) is 0.467. The number of hydrogen-bond acceptors (Lipinski definition) is 10. The molecule has 29 heavy (non-hydrogen) atoms. The van der Waals surface area contributed by atoms with Crippen LogP contribution in [0.1, 0.15) is 12.6 Å². The summed E-state index contributed by atoms with van der Waals surface area (Å²) in [6, 6.07) is -2.35. The number of aromatic nitrogens is 1. The second-order valence-electron chi connectivity index (χ2n) is 5.34. The Kier molecular flexibility index (Phi) is 7.87. The second kappa shape index (κ2) is 10.1. The Balaban J connectivity index is 2.17. The molecule has 3 amide bonds. The number of anilines is 1. The number of hydroxylamine groups is 2. The molecule has 2 heterocycles. The van der Waals surface area contributed by atoms with Crippen molar-refractivity contribution in [1.29, 1.82) is 0 Å². The molecule has 1 fully saturated rings. The van der Waals surface area contributed by atoms with E-state index >= 15 is 0 Å². The lowest BCUT2D eigenvalue weighted by molar-refractivity contribution is -0.229. The number of halogens is 1. The largest absolute Gasteiger partial charge is 0.464 e. The molecule has 0 spiro atoms. The number of esters is 1. The number of carbonyl (C=O) groups is 4. The van der Waals surface area contributed by atoms with Crippen molar-refractivity contribution in [3.8, 4) is 0 Å². The van der Waals surface area contributed by atoms with Gasteiger partial charge in [-0.2, -0.15) is 0 Å². The molecule has 12 nitrogen and oxygen atoms in total. The summed E-state index contributed by atoms with van der Waals surface area (Å²) in [7, 11) is 2.43. The maximum atomic E-state index is 12.7. The van der Waals surface area contributed by atoms with Gasteiger partial charge in [-0.1, -0.05) is 5.16 Å². The third-order valence-electron chi connectivity index (χ3n) is 3.58. The highest BCUT2D eigenvalue weighted by atomic mass is 35.5. The van der Waals surface area contributed by atoms with Crippen molar-refractivity contribution in [2.24, 2.45) is 5.16 Å². The average Bonchev–Trinajstić information content (AvgIpc) is 3.15. The minimum Gasteiger partial charge on any atom is -0.464 e. The van der Waals surface area contributed by atoms with Gasteiger partial charge in [0.05, 0.1) is 13.7 Å². The van der Waals surface area contributed by atoms with E-state index in [0.717, 1.165) is 16.4 Å². The summed E-state index contributed by atoms with van der Waals surface area (Å²) in [6.45, 7) is 1.70. The molecule has 0 bridgehead atoms. The first kappa shape index (κ1) is 22.5. The number of thiazole rings is 1. The van der Waals surface area contributed by atoms with Crippen molar-refractivity contribution in [2.45, 2.75) is 19.0 Å². The fourth-order valence-electron chi connectivity index (χ4n) is 2.36. The zero-order valence-corrected chi connectivity index (χ0v) is 17.2. The number of amides is 3. The quantitative estimate of drug-likeness (QED) is 0.169. The van der Waals surface area contributed by atoms with Crippen LogP contribution in [0.4, 0.5) is 5.13 Å². The molecular weight excluding hydrogens is 430 g/mol. The summed E-state index contributed by atoms with van der Waals surface area (Å²) >= 11 is 6.46. The van der Waals surface area contributed by atoms with Crippen LogP contribution in [0.2, 0.25) is 0 Å². The number of carbonyl (C=O) groups excluding carboxylic acids is 4. The molecule has 2 atom stereocenters. The van der Waals surface area contributed by atoms with E-state index in [2.05, 4.69) is 25.6 Å². The predicted octanol–water partition coefficient (Wildman–Crippen LogP) is -0.509. The molecule has 0 aromatic carbocycles. The van der Waals surface area contributed by atoms with Gasteiger partial charge in [0, 0.05) is 5.38 Å². The zero-order chi connectivity index (χ0) is 21.6. The summed E-state index contributed by atoms with van der Waals surface area (Å²) in [5.41, 5.74) is -0.177. The van der Waals surface area contributed by atoms with Gasteiger partial charge in [0.1, 0.15) is 24.7 Å². The highest BCUT2D eigenvalue weighted by Gasteiger charge is 2.54. The highest BCUT2D eigenvalue weighted by Crippen LogP contribution is 2.22. The standard InChI is InChI=1S/C15H18ClN5O7S/c1-4-28-14(25)11-10(13(24)21(11)27-3)19-12(23)9(20-26-2)7-6-29-15(17-7)18-8(22)5-16/h6,10-11H,4-5H2,1-3H3,(H,19,23)(H,17,18,22)/t10-,11-/m0/s1. The summed E-state index contributed by atoms with van der Waals surface area (Å²) in [5.74, 6) is -2.92. The van der Waals surface area contributed by atoms with E-state index in [1.165, 1.54) is 19.6 Å². The average molecular weight is 448 g/mol. The van der Waals surface area contributed by atoms with Gasteiger partial charge in [-0.3, -0.25) is 19.2 Å². The maximum absolute atomic E-state index is 12.7. The van der Waals surface area contributed by atoms with Gasteiger partial charge >= 0.3 is 5.97 Å². The van der Waals surface area contributed by atoms with Crippen molar-refractivity contribution >= 4 is 57.5 Å². The summed E-state index contributed by atoms with van der Waals surface area (Å²) in [4.78, 5) is 61.8. The smallest absolute Gasteiger partial charge is 0.334 e. The Bertz CT molecular complexity index is 830. The molecule has 14 heteroatoms. The monoisotopic (exact) mass is 447 g/mol. The highest BCUT2D eigenvalue weighted by molar-refractivity contribution is 7.14. The number of nitrogens with one attached hydrogen (secondary N) is 2. The molecule has 158 valence electrons. The van der Waals surface area contributed by atoms with Gasteiger partial charge in [-0.25, -0.2) is 14.8 Å². The number of β-lactam (4-membered cyclic amide) rings is 1. The first-order valence-corrected chi connectivity index (χ1v) is 9.56. The number of hydrogen-bond donors (Lipinski definition) is 2. The Morgan fingerprint density at radius 1 is 1.38 bits per heavy atom. The number of nitrogens with zero attached hydrogens (tertiary/aromatic N) is 3. The Morgan fingerprint density at radius 3 is 2.69 bits per heavy atom. The predicted molar refractivity (Wildman–Crippen MR) is 101 cm³/mol. The molecule has 0 saturated carbocycles. The topological polar surface area (TPSA) is 149 Å². The third kappa shape index (κ3) is 4.99. The van der Waals surface area contributed by atoms with Crippen LogP contribution >= 0.6 is 22.9 Å². The number of ether oxygens (including phenoxy) is 1. The van der Waals surface area contributed by atoms with Gasteiger partial charge in [0.2, 0.25) is 5.91 Å². The number of rotatable bonds is 9. The lowest BCUT2D eigenvalue weighted by atomic mass is 9.97. The van der Waals surface area contributed by atoms with E-state index in [9.17, 15) is 19.2 Å². The van der Waals surface area contributed by atoms with E-state index in [1.807, 2.05) is 0 Å². The molecule has 0 unspecified atom stereocenters. The van der Waals surface area contributed by atoms with E-state index in [4.69, 9.17) is 21.2 Å². The SMILES string of the molecule is CCOC(=O)[C@@H]1[C@H](NC(=O)C(=NOC)c2csc(NC(=O)CCl)n2)C(=O)N1OC. The van der Waals surface area contributed by atoms with Crippen LogP contribution in [-0.4, -0.2) is 78.2 Å². The van der Waals surface area contributed by atoms with Crippen molar-refractivity contribution < 1.29 is 33.6 Å². The fourth-order valence-corrected chi connectivity index (χ4v) is 3.14. The van der Waals surface area contributed by atoms with E-state index in [1.54, 1.807) is 6.92 Å². The molecule has 1 aromatic rings. The normalized spacial score (nSPS) is 18.7. The molecular formula is C15H18ClN5O7S. The van der Waals surface area contributed by atoms with Crippen molar-refractivity contribution in [3.05, 3.63) is 11.1 Å². The van der Waals surface area contributed by atoms with Crippen molar-refractivity contribution in [1.82, 2.24) is 15.4 Å². The Morgan fingerprint density at radius 2 is 2.10 bits per heavy atom. The summed E-state index contributed by atoms with van der Waals surface area (Å²) < 4.78 is 4.90. The van der Waals surface area contributed by atoms with Gasteiger partial charge in [-0.15, -0.1) is 22.9 Å². The molecule has 0 aliphatic carbocycles. The molecule has 1 saturated heterocycles. The molecule has 1 aliphatic heterocycles. The van der Waals surface area contributed by atoms with E-state index in [0.29, 0.717) is 0 Å². The maximum Gasteiger partial charge on any atom is 0.334 e. The summed E-state index contributed by atoms with van der Waals surface area (Å²) in [6.07, 6.45) is 0. The summed E-state index contributed by atoms with van der Waals surface area (Å²) in [5, 5.41) is 10.9. The first-order valence-electron chi connectivity index (χ1n) is 8.15. The Hall–Kier alpha value is -2.77. The van der Waals surface area contributed by atoms with Gasteiger partial charge in [-0.05, 0) is 6.92 Å². The zero-order valence-electron chi connectivity index (χ0n) is 15.6.